The SMILES string of the molecule is CC1=CCC(Cl)=C1[SiH2]C1=C(Cl)CC=C1CCCO. The first-order valence-electron chi connectivity index (χ1n) is 6.36. The number of rotatable bonds is 5. The second-order valence-electron chi connectivity index (χ2n) is 4.80. The quantitative estimate of drug-likeness (QED) is 0.771. The summed E-state index contributed by atoms with van der Waals surface area (Å²) in [5, 5.41) is 13.7. The van der Waals surface area contributed by atoms with Crippen LogP contribution in [0.3, 0.4) is 0 Å². The third-order valence-corrected chi connectivity index (χ3v) is 7.38. The maximum absolute atomic E-state index is 8.94. The van der Waals surface area contributed by atoms with Gasteiger partial charge in [0.25, 0.3) is 0 Å². The van der Waals surface area contributed by atoms with Crippen LogP contribution in [0.25, 0.3) is 0 Å². The Labute approximate surface area is 121 Å². The minimum atomic E-state index is -0.576. The zero-order valence-corrected chi connectivity index (χ0v) is 13.5. The summed E-state index contributed by atoms with van der Waals surface area (Å²) >= 11 is 12.6. The van der Waals surface area contributed by atoms with Crippen LogP contribution in [0.4, 0.5) is 0 Å². The number of halogens is 2. The fraction of sp³-hybridized carbons (Fsp3) is 0.429. The van der Waals surface area contributed by atoms with E-state index in [1.54, 1.807) is 0 Å². The summed E-state index contributed by atoms with van der Waals surface area (Å²) in [5.41, 5.74) is 2.68. The number of allylic oxidation sites excluding steroid dienone is 8. The van der Waals surface area contributed by atoms with Crippen molar-refractivity contribution in [3.8, 4) is 0 Å². The summed E-state index contributed by atoms with van der Waals surface area (Å²) < 4.78 is 0. The molecule has 0 saturated carbocycles. The molecule has 0 bridgehead atoms. The Hall–Kier alpha value is -0.283. The lowest BCUT2D eigenvalue weighted by Gasteiger charge is -2.11. The van der Waals surface area contributed by atoms with Crippen molar-refractivity contribution >= 4 is 32.7 Å². The first kappa shape index (κ1) is 14.1. The molecule has 0 amide bonds. The average molecular weight is 301 g/mol. The van der Waals surface area contributed by atoms with Crippen LogP contribution in [0.15, 0.2) is 43.8 Å². The fourth-order valence-electron chi connectivity index (χ4n) is 2.48. The maximum Gasteiger partial charge on any atom is 0.0912 e. The van der Waals surface area contributed by atoms with E-state index >= 15 is 0 Å². The van der Waals surface area contributed by atoms with Gasteiger partial charge in [0, 0.05) is 29.5 Å². The molecule has 0 saturated heterocycles. The lowest BCUT2D eigenvalue weighted by Crippen LogP contribution is -2.05. The van der Waals surface area contributed by atoms with Crippen LogP contribution in [0, 0.1) is 0 Å². The van der Waals surface area contributed by atoms with E-state index in [-0.39, 0.29) is 6.61 Å². The van der Waals surface area contributed by atoms with Gasteiger partial charge in [0.15, 0.2) is 0 Å². The molecule has 0 aromatic rings. The highest BCUT2D eigenvalue weighted by atomic mass is 35.5. The predicted molar refractivity (Wildman–Crippen MR) is 81.7 cm³/mol. The van der Waals surface area contributed by atoms with Gasteiger partial charge in [-0.25, -0.2) is 0 Å². The van der Waals surface area contributed by atoms with E-state index in [1.807, 2.05) is 0 Å². The van der Waals surface area contributed by atoms with Gasteiger partial charge >= 0.3 is 0 Å². The zero-order chi connectivity index (χ0) is 13.1. The summed E-state index contributed by atoms with van der Waals surface area (Å²) in [6, 6.07) is 0. The molecule has 0 fully saturated rings. The highest BCUT2D eigenvalue weighted by Gasteiger charge is 2.21. The van der Waals surface area contributed by atoms with Crippen LogP contribution in [0.1, 0.15) is 32.6 Å². The minimum Gasteiger partial charge on any atom is -0.396 e. The molecule has 1 nitrogen and oxygen atoms in total. The van der Waals surface area contributed by atoms with Crippen molar-refractivity contribution in [2.75, 3.05) is 6.61 Å². The Bertz CT molecular complexity index is 472. The minimum absolute atomic E-state index is 0.242. The Balaban J connectivity index is 2.13. The van der Waals surface area contributed by atoms with Crippen molar-refractivity contribution in [2.24, 2.45) is 0 Å². The Kier molecular flexibility index (Phi) is 4.90. The van der Waals surface area contributed by atoms with Crippen molar-refractivity contribution in [3.63, 3.8) is 0 Å². The van der Waals surface area contributed by atoms with E-state index in [1.165, 1.54) is 21.5 Å². The molecule has 0 unspecified atom stereocenters. The summed E-state index contributed by atoms with van der Waals surface area (Å²) in [5.74, 6) is 0. The number of hydrogen-bond acceptors (Lipinski definition) is 1. The molecule has 0 atom stereocenters. The molecular weight excluding hydrogens is 283 g/mol. The second-order valence-corrected chi connectivity index (χ2v) is 7.48. The van der Waals surface area contributed by atoms with Crippen LogP contribution < -0.4 is 0 Å². The van der Waals surface area contributed by atoms with Gasteiger partial charge in [0.2, 0.25) is 0 Å². The largest absolute Gasteiger partial charge is 0.396 e. The normalized spacial score (nSPS) is 20.4. The van der Waals surface area contributed by atoms with Gasteiger partial charge in [0.1, 0.15) is 0 Å². The molecule has 0 spiro atoms. The fourth-order valence-corrected chi connectivity index (χ4v) is 5.30. The van der Waals surface area contributed by atoms with Crippen molar-refractivity contribution in [1.29, 1.82) is 0 Å². The van der Waals surface area contributed by atoms with Crippen LogP contribution in [-0.4, -0.2) is 21.2 Å². The lowest BCUT2D eigenvalue weighted by atomic mass is 10.1. The highest BCUT2D eigenvalue weighted by molar-refractivity contribution is 6.61. The van der Waals surface area contributed by atoms with Gasteiger partial charge in [-0.15, -0.1) is 0 Å². The molecule has 2 aliphatic rings. The molecule has 0 aromatic carbocycles. The van der Waals surface area contributed by atoms with E-state index in [4.69, 9.17) is 28.3 Å². The summed E-state index contributed by atoms with van der Waals surface area (Å²) in [7, 11) is -0.576. The van der Waals surface area contributed by atoms with Gasteiger partial charge in [-0.2, -0.15) is 0 Å². The third-order valence-electron chi connectivity index (χ3n) is 3.59. The first-order chi connectivity index (χ1) is 8.63. The second kappa shape index (κ2) is 6.24. The molecule has 0 aromatic heterocycles. The first-order valence-corrected chi connectivity index (χ1v) is 8.53. The topological polar surface area (TPSA) is 20.2 Å². The summed E-state index contributed by atoms with van der Waals surface area (Å²) in [4.78, 5) is 0. The molecule has 98 valence electrons. The van der Waals surface area contributed by atoms with E-state index < -0.39 is 9.52 Å². The molecule has 2 aliphatic carbocycles. The molecule has 0 radical (unpaired) electrons. The Morgan fingerprint density at radius 2 is 1.83 bits per heavy atom. The highest BCUT2D eigenvalue weighted by Crippen LogP contribution is 2.36. The molecule has 0 heterocycles. The lowest BCUT2D eigenvalue weighted by molar-refractivity contribution is 0.289. The molecule has 1 N–H and O–H groups in total. The van der Waals surface area contributed by atoms with Gasteiger partial charge in [-0.1, -0.05) is 46.5 Å². The van der Waals surface area contributed by atoms with Gasteiger partial charge < -0.3 is 5.11 Å². The smallest absolute Gasteiger partial charge is 0.0912 e. The number of aliphatic hydroxyl groups is 1. The van der Waals surface area contributed by atoms with Crippen LogP contribution in [0.2, 0.25) is 0 Å². The zero-order valence-electron chi connectivity index (χ0n) is 10.6. The van der Waals surface area contributed by atoms with E-state index in [2.05, 4.69) is 19.1 Å². The summed E-state index contributed by atoms with van der Waals surface area (Å²) in [6.07, 6.45) is 7.90. The van der Waals surface area contributed by atoms with Crippen LogP contribution >= 0.6 is 23.2 Å². The third kappa shape index (κ3) is 2.99. The van der Waals surface area contributed by atoms with E-state index in [0.29, 0.717) is 0 Å². The van der Waals surface area contributed by atoms with Crippen molar-refractivity contribution in [3.05, 3.63) is 43.8 Å². The van der Waals surface area contributed by atoms with Crippen molar-refractivity contribution < 1.29 is 5.11 Å². The van der Waals surface area contributed by atoms with E-state index in [9.17, 15) is 0 Å². The maximum atomic E-state index is 8.94. The Morgan fingerprint density at radius 3 is 2.44 bits per heavy atom. The monoisotopic (exact) mass is 300 g/mol. The van der Waals surface area contributed by atoms with E-state index in [0.717, 1.165) is 35.7 Å². The van der Waals surface area contributed by atoms with Crippen LogP contribution in [0.5, 0.6) is 0 Å². The van der Waals surface area contributed by atoms with Crippen molar-refractivity contribution in [1.82, 2.24) is 0 Å². The van der Waals surface area contributed by atoms with Crippen molar-refractivity contribution in [2.45, 2.75) is 32.6 Å². The molecule has 2 rings (SSSR count). The van der Waals surface area contributed by atoms with Crippen LogP contribution in [-0.2, 0) is 0 Å². The average Bonchev–Trinajstić information content (AvgIpc) is 2.85. The molecule has 18 heavy (non-hydrogen) atoms. The predicted octanol–water partition coefficient (Wildman–Crippen LogP) is 3.51. The van der Waals surface area contributed by atoms with Gasteiger partial charge in [-0.05, 0) is 30.2 Å². The standard InChI is InChI=1S/C14H18Cl2OSi/c1-9-4-6-11(15)13(9)18-14-10(3-2-8-17)5-7-12(14)16/h4-5,17H,2-3,6-8,18H2,1H3. The Morgan fingerprint density at radius 1 is 1.17 bits per heavy atom. The number of hydrogen-bond donors (Lipinski definition) is 1. The molecule has 0 aliphatic heterocycles. The van der Waals surface area contributed by atoms with Gasteiger partial charge in [-0.3, -0.25) is 0 Å². The number of aliphatic hydroxyl groups excluding tert-OH is 1. The summed E-state index contributed by atoms with van der Waals surface area (Å²) in [6.45, 7) is 2.38. The molecule has 4 heteroatoms. The molecular formula is C14H18Cl2OSi. The van der Waals surface area contributed by atoms with Gasteiger partial charge in [0.05, 0.1) is 9.52 Å².